The van der Waals surface area contributed by atoms with E-state index in [0.717, 1.165) is 39.2 Å². The maximum Gasteiger partial charge on any atom is 0.300 e. The average molecular weight is 592 g/mol. The van der Waals surface area contributed by atoms with Gasteiger partial charge in [0.1, 0.15) is 18.3 Å². The second-order valence-electron chi connectivity index (χ2n) is 10.0. The lowest BCUT2D eigenvalue weighted by atomic mass is 9.98. The van der Waals surface area contributed by atoms with Crippen LogP contribution in [0.4, 0.5) is 0 Å². The molecule has 1 aliphatic heterocycles. The zero-order valence-corrected chi connectivity index (χ0v) is 24.0. The van der Waals surface area contributed by atoms with Gasteiger partial charge in [0.25, 0.3) is 11.9 Å². The standard InChI is InChI=1S/C24H37N9O5.C2H4O2/c1-38-15-21(35)31-18(11-20(34)30-12-16-3-2-9-32(14-16)24(25)26)23(37)33(17-4-5-17)10-8-29-22(36)19-13-27-6-7-28-19;1-2(3)4/h6-7,13,16-18H,2-5,8-12,14-15H2,1H3,(H3,25,26)(H,29,36)(H,30,34)(H,31,35);1H3,(H,3,4)/t16-,18-;/m0./s1. The van der Waals surface area contributed by atoms with Gasteiger partial charge in [-0.1, -0.05) is 0 Å². The molecular formula is C26H41N9O7. The van der Waals surface area contributed by atoms with Crippen molar-refractivity contribution in [3.63, 3.8) is 0 Å². The van der Waals surface area contributed by atoms with Crippen LogP contribution in [0.1, 0.15) is 49.5 Å². The molecule has 2 aliphatic rings. The minimum atomic E-state index is -1.07. The first-order chi connectivity index (χ1) is 20.0. The number of aliphatic carboxylic acids is 1. The van der Waals surface area contributed by atoms with Crippen LogP contribution < -0.4 is 21.7 Å². The Morgan fingerprint density at radius 1 is 1.19 bits per heavy atom. The van der Waals surface area contributed by atoms with E-state index in [1.54, 1.807) is 9.80 Å². The molecule has 1 aromatic rings. The summed E-state index contributed by atoms with van der Waals surface area (Å²) in [4.78, 5) is 71.0. The molecule has 2 atom stereocenters. The van der Waals surface area contributed by atoms with Crippen LogP contribution in [0.25, 0.3) is 0 Å². The first-order valence-electron chi connectivity index (χ1n) is 13.7. The lowest BCUT2D eigenvalue weighted by molar-refractivity contribution is -0.139. The molecule has 16 nitrogen and oxygen atoms in total. The number of carboxylic acid groups (broad SMARTS) is 1. The van der Waals surface area contributed by atoms with E-state index in [2.05, 4.69) is 25.9 Å². The molecule has 16 heteroatoms. The highest BCUT2D eigenvalue weighted by molar-refractivity contribution is 5.93. The highest BCUT2D eigenvalue weighted by Gasteiger charge is 2.37. The number of methoxy groups -OCH3 is 1. The highest BCUT2D eigenvalue weighted by atomic mass is 16.5. The third-order valence-electron chi connectivity index (χ3n) is 6.45. The number of ether oxygens (including phenoxy) is 1. The molecule has 1 aromatic heterocycles. The fraction of sp³-hybridized carbons (Fsp3) is 0.615. The number of hydrogen-bond donors (Lipinski definition) is 6. The van der Waals surface area contributed by atoms with Gasteiger partial charge in [0, 0.05) is 65.2 Å². The number of aromatic nitrogens is 2. The molecule has 2 heterocycles. The molecule has 1 aliphatic carbocycles. The van der Waals surface area contributed by atoms with Gasteiger partial charge in [-0.2, -0.15) is 0 Å². The van der Waals surface area contributed by atoms with Gasteiger partial charge in [-0.15, -0.1) is 0 Å². The van der Waals surface area contributed by atoms with Gasteiger partial charge in [-0.05, 0) is 31.6 Å². The zero-order chi connectivity index (χ0) is 31.1. The van der Waals surface area contributed by atoms with E-state index in [0.29, 0.717) is 13.1 Å². The topological polar surface area (TPSA) is 233 Å². The number of nitrogens with one attached hydrogen (secondary N) is 4. The molecule has 0 aromatic carbocycles. The Labute approximate surface area is 244 Å². The third kappa shape index (κ3) is 12.4. The second-order valence-corrected chi connectivity index (χ2v) is 10.0. The Hall–Kier alpha value is -4.34. The molecule has 1 saturated carbocycles. The van der Waals surface area contributed by atoms with E-state index in [1.165, 1.54) is 25.7 Å². The molecule has 7 N–H and O–H groups in total. The summed E-state index contributed by atoms with van der Waals surface area (Å²) < 4.78 is 4.87. The van der Waals surface area contributed by atoms with E-state index < -0.39 is 23.8 Å². The number of likely N-dealkylation sites (tertiary alicyclic amines) is 1. The van der Waals surface area contributed by atoms with Crippen molar-refractivity contribution in [2.45, 2.75) is 51.1 Å². The van der Waals surface area contributed by atoms with Gasteiger partial charge in [-0.25, -0.2) is 4.98 Å². The van der Waals surface area contributed by atoms with Crippen molar-refractivity contribution in [2.24, 2.45) is 11.7 Å². The molecule has 0 radical (unpaired) electrons. The number of rotatable bonds is 13. The van der Waals surface area contributed by atoms with Crippen LogP contribution in [-0.2, 0) is 23.9 Å². The number of amides is 4. The summed E-state index contributed by atoms with van der Waals surface area (Å²) in [5.41, 5.74) is 5.76. The summed E-state index contributed by atoms with van der Waals surface area (Å²) in [5, 5.41) is 23.3. The summed E-state index contributed by atoms with van der Waals surface area (Å²) in [6, 6.07) is -1.09. The van der Waals surface area contributed by atoms with Gasteiger partial charge < -0.3 is 41.3 Å². The molecule has 3 rings (SSSR count). The number of nitrogens with zero attached hydrogens (tertiary/aromatic N) is 4. The number of guanidine groups is 1. The fourth-order valence-electron chi connectivity index (χ4n) is 4.39. The summed E-state index contributed by atoms with van der Waals surface area (Å²) in [6.45, 7) is 2.92. The van der Waals surface area contributed by atoms with Gasteiger partial charge >= 0.3 is 0 Å². The van der Waals surface area contributed by atoms with Crippen molar-refractivity contribution in [3.8, 4) is 0 Å². The maximum atomic E-state index is 13.5. The van der Waals surface area contributed by atoms with Crippen LogP contribution in [0, 0.1) is 11.3 Å². The van der Waals surface area contributed by atoms with Gasteiger partial charge in [0.2, 0.25) is 17.7 Å². The van der Waals surface area contributed by atoms with Crippen molar-refractivity contribution in [2.75, 3.05) is 46.4 Å². The van der Waals surface area contributed by atoms with Gasteiger partial charge in [0.15, 0.2) is 5.96 Å². The number of nitrogens with two attached hydrogens (primary N) is 1. The molecule has 4 amide bonds. The Morgan fingerprint density at radius 2 is 1.90 bits per heavy atom. The summed E-state index contributed by atoms with van der Waals surface area (Å²) in [7, 11) is 1.37. The SMILES string of the molecule is CC(=O)O.COCC(=O)N[C@@H](CC(=O)NC[C@@H]1CCCN(C(=N)N)C1)C(=O)N(CCNC(=O)c1cnccn1)C1CC1. The number of carbonyl (C=O) groups is 5. The van der Waals surface area contributed by atoms with E-state index in [1.807, 2.05) is 0 Å². The monoisotopic (exact) mass is 591 g/mol. The largest absolute Gasteiger partial charge is 0.481 e. The minimum absolute atomic E-state index is 0.0133. The van der Waals surface area contributed by atoms with E-state index >= 15 is 0 Å². The zero-order valence-electron chi connectivity index (χ0n) is 24.0. The van der Waals surface area contributed by atoms with Crippen molar-refractivity contribution in [1.82, 2.24) is 35.7 Å². The Balaban J connectivity index is 0.00000144. The number of carbonyl (C=O) groups excluding carboxylic acids is 4. The number of carboxylic acids is 1. The van der Waals surface area contributed by atoms with Crippen LogP contribution in [0.2, 0.25) is 0 Å². The quantitative estimate of drug-likeness (QED) is 0.114. The van der Waals surface area contributed by atoms with Crippen molar-refractivity contribution < 1.29 is 33.8 Å². The molecular weight excluding hydrogens is 550 g/mol. The Kier molecular flexibility index (Phi) is 14.1. The minimum Gasteiger partial charge on any atom is -0.481 e. The molecule has 0 unspecified atom stereocenters. The summed E-state index contributed by atoms with van der Waals surface area (Å²) >= 11 is 0. The second kappa shape index (κ2) is 17.5. The van der Waals surface area contributed by atoms with Crippen molar-refractivity contribution >= 4 is 35.6 Å². The number of piperidine rings is 1. The van der Waals surface area contributed by atoms with E-state index in [-0.39, 0.29) is 61.5 Å². The first kappa shape index (κ1) is 33.9. The Bertz CT molecular complexity index is 1080. The summed E-state index contributed by atoms with van der Waals surface area (Å²) in [5.74, 6) is -2.35. The predicted molar refractivity (Wildman–Crippen MR) is 150 cm³/mol. The lowest BCUT2D eigenvalue weighted by Crippen LogP contribution is -2.53. The normalized spacial score (nSPS) is 16.6. The highest BCUT2D eigenvalue weighted by Crippen LogP contribution is 2.27. The summed E-state index contributed by atoms with van der Waals surface area (Å²) in [6.07, 6.45) is 7.39. The lowest BCUT2D eigenvalue weighted by Gasteiger charge is -2.33. The van der Waals surface area contributed by atoms with E-state index in [4.69, 9.17) is 25.8 Å². The van der Waals surface area contributed by atoms with Crippen LogP contribution >= 0.6 is 0 Å². The first-order valence-corrected chi connectivity index (χ1v) is 13.7. The Morgan fingerprint density at radius 3 is 2.50 bits per heavy atom. The van der Waals surface area contributed by atoms with Crippen LogP contribution in [0.15, 0.2) is 18.6 Å². The maximum absolute atomic E-state index is 13.5. The smallest absolute Gasteiger partial charge is 0.300 e. The van der Waals surface area contributed by atoms with Crippen LogP contribution in [0.3, 0.4) is 0 Å². The van der Waals surface area contributed by atoms with Gasteiger partial charge in [-0.3, -0.25) is 34.4 Å². The van der Waals surface area contributed by atoms with Gasteiger partial charge in [0.05, 0.1) is 12.6 Å². The molecule has 0 spiro atoms. The van der Waals surface area contributed by atoms with E-state index in [9.17, 15) is 19.2 Å². The van der Waals surface area contributed by atoms with Crippen molar-refractivity contribution in [3.05, 3.63) is 24.3 Å². The third-order valence-corrected chi connectivity index (χ3v) is 6.45. The molecule has 42 heavy (non-hydrogen) atoms. The predicted octanol–water partition coefficient (Wildman–Crippen LogP) is -1.47. The van der Waals surface area contributed by atoms with Crippen LogP contribution in [-0.4, -0.2) is 119 Å². The van der Waals surface area contributed by atoms with Crippen LogP contribution in [0.5, 0.6) is 0 Å². The molecule has 1 saturated heterocycles. The molecule has 0 bridgehead atoms. The van der Waals surface area contributed by atoms with Crippen molar-refractivity contribution in [1.29, 1.82) is 5.41 Å². The molecule has 232 valence electrons. The average Bonchev–Trinajstić information content (AvgIpc) is 3.79. The number of hydrogen-bond acceptors (Lipinski definition) is 9. The molecule has 2 fully saturated rings. The fourth-order valence-corrected chi connectivity index (χ4v) is 4.39.